The van der Waals surface area contributed by atoms with Crippen molar-refractivity contribution in [3.8, 4) is 5.75 Å². The Labute approximate surface area is 212 Å². The molecule has 4 aromatic rings. The minimum absolute atomic E-state index is 0.307. The number of hydrogen-bond acceptors (Lipinski definition) is 5. The Morgan fingerprint density at radius 1 is 1.03 bits per heavy atom. The Hall–Kier alpha value is -3.25. The fourth-order valence-corrected chi connectivity index (χ4v) is 5.58. The lowest BCUT2D eigenvalue weighted by Gasteiger charge is -2.23. The van der Waals surface area contributed by atoms with Crippen LogP contribution in [0, 0.1) is 16.9 Å². The van der Waals surface area contributed by atoms with Crippen LogP contribution in [0.4, 0.5) is 16.5 Å². The summed E-state index contributed by atoms with van der Waals surface area (Å²) in [7, 11) is 0. The third-order valence-electron chi connectivity index (χ3n) is 5.94. The number of anilines is 2. The van der Waals surface area contributed by atoms with E-state index in [0.717, 1.165) is 40.4 Å². The molecular weight excluding hydrogens is 452 g/mol. The molecule has 3 aromatic carbocycles. The van der Waals surface area contributed by atoms with Crippen molar-refractivity contribution in [2.75, 3.05) is 11.9 Å². The summed E-state index contributed by atoms with van der Waals surface area (Å²) in [6.07, 6.45) is 2.13. The number of ether oxygens (including phenoxy) is 1. The monoisotopic (exact) mass is 487 g/mol. The topological polar surface area (TPSA) is 61.4 Å². The first-order valence-electron chi connectivity index (χ1n) is 12.2. The molecule has 1 aromatic heterocycles. The summed E-state index contributed by atoms with van der Waals surface area (Å²) in [4.78, 5) is 0. The average Bonchev–Trinajstić information content (AvgIpc) is 3.14. The van der Waals surface area contributed by atoms with Gasteiger partial charge in [-0.3, -0.25) is 0 Å². The van der Waals surface area contributed by atoms with E-state index in [-0.39, 0.29) is 0 Å². The molecular formula is C29H35N4OS+. The fraction of sp³-hybridized carbons (Fsp3) is 0.345. The van der Waals surface area contributed by atoms with Crippen molar-refractivity contribution in [2.45, 2.75) is 47.1 Å². The molecule has 182 valence electrons. The highest BCUT2D eigenvalue weighted by Crippen LogP contribution is 2.37. The fourth-order valence-electron chi connectivity index (χ4n) is 4.48. The van der Waals surface area contributed by atoms with E-state index in [2.05, 4.69) is 79.1 Å². The van der Waals surface area contributed by atoms with Gasteiger partial charge in [-0.2, -0.15) is 5.11 Å². The zero-order valence-corrected chi connectivity index (χ0v) is 21.9. The Balaban J connectivity index is 1.66. The van der Waals surface area contributed by atoms with Crippen molar-refractivity contribution >= 4 is 38.1 Å². The van der Waals surface area contributed by atoms with Crippen molar-refractivity contribution in [2.24, 2.45) is 16.4 Å². The molecule has 6 heteroatoms. The van der Waals surface area contributed by atoms with Crippen LogP contribution >= 0.6 is 11.3 Å². The van der Waals surface area contributed by atoms with Gasteiger partial charge < -0.3 is 4.74 Å². The molecule has 0 aliphatic carbocycles. The third-order valence-corrected chi connectivity index (χ3v) is 7.00. The van der Waals surface area contributed by atoms with Gasteiger partial charge >= 0.3 is 5.13 Å². The predicted octanol–water partition coefficient (Wildman–Crippen LogP) is 8.48. The van der Waals surface area contributed by atoms with E-state index in [0.29, 0.717) is 29.4 Å². The summed E-state index contributed by atoms with van der Waals surface area (Å²) < 4.78 is 9.56. The smallest absolute Gasteiger partial charge is 0.340 e. The van der Waals surface area contributed by atoms with Crippen molar-refractivity contribution in [3.05, 3.63) is 78.4 Å². The molecule has 0 bridgehead atoms. The molecule has 1 atom stereocenters. The molecule has 0 aliphatic rings. The number of fused-ring (bicyclic) bond motifs is 1. The van der Waals surface area contributed by atoms with Crippen LogP contribution in [0.3, 0.4) is 0 Å². The second kappa shape index (κ2) is 11.0. The van der Waals surface area contributed by atoms with E-state index in [1.165, 1.54) is 5.56 Å². The van der Waals surface area contributed by atoms with Gasteiger partial charge in [-0.05, 0) is 59.3 Å². The van der Waals surface area contributed by atoms with E-state index < -0.39 is 0 Å². The number of para-hydroxylation sites is 1. The van der Waals surface area contributed by atoms with Gasteiger partial charge in [-0.1, -0.05) is 76.2 Å². The minimum atomic E-state index is 0.307. The van der Waals surface area contributed by atoms with Crippen molar-refractivity contribution in [3.63, 3.8) is 0 Å². The molecule has 35 heavy (non-hydrogen) atoms. The number of hydrogen-bond donors (Lipinski definition) is 2. The molecule has 0 spiro atoms. The maximum absolute atomic E-state index is 7.74. The van der Waals surface area contributed by atoms with Gasteiger partial charge in [0, 0.05) is 6.07 Å². The molecule has 0 amide bonds. The van der Waals surface area contributed by atoms with E-state index in [4.69, 9.17) is 10.3 Å². The molecule has 0 radical (unpaired) electrons. The van der Waals surface area contributed by atoms with Gasteiger partial charge in [0.25, 0.3) is 0 Å². The Morgan fingerprint density at radius 3 is 2.37 bits per heavy atom. The second-order valence-corrected chi connectivity index (χ2v) is 11.4. The lowest BCUT2D eigenvalue weighted by atomic mass is 9.84. The molecule has 4 rings (SSSR count). The maximum Gasteiger partial charge on any atom is 0.340 e. The van der Waals surface area contributed by atoms with Crippen LogP contribution in [0.5, 0.6) is 5.75 Å². The largest absolute Gasteiger partial charge is 0.491 e. The standard InChI is InChI=1S/C29H34N4OS/c1-21(19-29(2,3)4)15-16-34-26-18-25-27(17-24(26)32-30)35-28(31-23-13-9-6-10-14-23)33(25)20-22-11-7-5-8-12-22/h5-14,17-18,21,30H,15-16,19-20H2,1-4H3/p+1. The molecule has 0 fully saturated rings. The van der Waals surface area contributed by atoms with Crippen LogP contribution in [0.1, 0.15) is 46.1 Å². The molecule has 2 N–H and O–H groups in total. The molecule has 1 heterocycles. The zero-order chi connectivity index (χ0) is 24.8. The van der Waals surface area contributed by atoms with Crippen LogP contribution in [-0.4, -0.2) is 6.61 Å². The van der Waals surface area contributed by atoms with E-state index >= 15 is 0 Å². The van der Waals surface area contributed by atoms with Crippen molar-refractivity contribution in [1.82, 2.24) is 0 Å². The normalized spacial score (nSPS) is 12.5. The van der Waals surface area contributed by atoms with Crippen LogP contribution < -0.4 is 14.6 Å². The molecule has 5 nitrogen and oxygen atoms in total. The maximum atomic E-state index is 7.74. The zero-order valence-electron chi connectivity index (χ0n) is 21.0. The minimum Gasteiger partial charge on any atom is -0.491 e. The lowest BCUT2D eigenvalue weighted by Crippen LogP contribution is -2.35. The first-order chi connectivity index (χ1) is 16.8. The van der Waals surface area contributed by atoms with Crippen LogP contribution in [0.15, 0.2) is 77.9 Å². The van der Waals surface area contributed by atoms with Crippen molar-refractivity contribution in [1.29, 1.82) is 5.53 Å². The van der Waals surface area contributed by atoms with Crippen LogP contribution in [0.25, 0.3) is 10.2 Å². The predicted molar refractivity (Wildman–Crippen MR) is 145 cm³/mol. The summed E-state index contributed by atoms with van der Waals surface area (Å²) in [5.74, 6) is 1.24. The quantitative estimate of drug-likeness (QED) is 0.174. The average molecular weight is 488 g/mol. The number of benzene rings is 3. The summed E-state index contributed by atoms with van der Waals surface area (Å²) in [6, 6.07) is 24.7. The number of rotatable bonds is 10. The first-order valence-corrected chi connectivity index (χ1v) is 13.0. The van der Waals surface area contributed by atoms with Gasteiger partial charge in [0.05, 0.1) is 11.3 Å². The van der Waals surface area contributed by atoms with Gasteiger partial charge in [-0.25, -0.2) is 15.4 Å². The van der Waals surface area contributed by atoms with Gasteiger partial charge in [0.15, 0.2) is 5.75 Å². The Morgan fingerprint density at radius 2 is 1.71 bits per heavy atom. The Kier molecular flexibility index (Phi) is 7.81. The second-order valence-electron chi connectivity index (χ2n) is 10.4. The SMILES string of the molecule is CC(CCOc1cc2c(cc1N=N)sc(Nc1ccccc1)[n+]2Cc1ccccc1)CC(C)(C)C. The summed E-state index contributed by atoms with van der Waals surface area (Å²) in [5, 5.41) is 8.40. The van der Waals surface area contributed by atoms with Gasteiger partial charge in [0.1, 0.15) is 23.4 Å². The number of nitrogens with zero attached hydrogens (tertiary/aromatic N) is 2. The number of aromatic nitrogens is 1. The van der Waals surface area contributed by atoms with E-state index in [1.807, 2.05) is 36.4 Å². The van der Waals surface area contributed by atoms with Gasteiger partial charge in [-0.15, -0.1) is 0 Å². The highest BCUT2D eigenvalue weighted by molar-refractivity contribution is 7.21. The third kappa shape index (κ3) is 6.67. The summed E-state index contributed by atoms with van der Waals surface area (Å²) in [5.41, 5.74) is 12.0. The molecule has 0 saturated heterocycles. The molecule has 0 aliphatic heterocycles. The number of thiazole rings is 1. The van der Waals surface area contributed by atoms with Crippen molar-refractivity contribution < 1.29 is 9.30 Å². The highest BCUT2D eigenvalue weighted by atomic mass is 32.1. The first kappa shape index (κ1) is 24.9. The summed E-state index contributed by atoms with van der Waals surface area (Å²) in [6.45, 7) is 10.5. The molecule has 0 saturated carbocycles. The lowest BCUT2D eigenvalue weighted by molar-refractivity contribution is -0.644. The highest BCUT2D eigenvalue weighted by Gasteiger charge is 2.22. The van der Waals surface area contributed by atoms with Crippen LogP contribution in [0.2, 0.25) is 0 Å². The van der Waals surface area contributed by atoms with Gasteiger partial charge in [0.2, 0.25) is 0 Å². The summed E-state index contributed by atoms with van der Waals surface area (Å²) >= 11 is 1.66. The van der Waals surface area contributed by atoms with E-state index in [9.17, 15) is 0 Å². The number of nitrogens with one attached hydrogen (secondary N) is 2. The molecule has 1 unspecified atom stereocenters. The van der Waals surface area contributed by atoms with Crippen LogP contribution in [-0.2, 0) is 6.54 Å². The Bertz CT molecular complexity index is 1260. The van der Waals surface area contributed by atoms with E-state index in [1.54, 1.807) is 11.3 Å².